The minimum Gasteiger partial charge on any atom is -0.504 e. The van der Waals surface area contributed by atoms with Crippen LogP contribution in [0.2, 0.25) is 0 Å². The van der Waals surface area contributed by atoms with E-state index in [1.165, 1.54) is 23.4 Å². The molecule has 1 spiro atoms. The van der Waals surface area contributed by atoms with Gasteiger partial charge in [-0.05, 0) is 49.8 Å². The second kappa shape index (κ2) is 5.53. The maximum atomic E-state index is 13.5. The summed E-state index contributed by atoms with van der Waals surface area (Å²) in [6.07, 6.45) is 3.33. The van der Waals surface area contributed by atoms with E-state index in [1.54, 1.807) is 6.07 Å². The van der Waals surface area contributed by atoms with E-state index in [0.29, 0.717) is 41.4 Å². The number of fused-ring (bicyclic) bond motifs is 3. The number of piperidine rings is 1. The van der Waals surface area contributed by atoms with Crippen LogP contribution in [0.1, 0.15) is 47.8 Å². The summed E-state index contributed by atoms with van der Waals surface area (Å²) in [7, 11) is 0. The molecule has 170 valence electrons. The zero-order chi connectivity index (χ0) is 22.3. The molecule has 1 saturated carbocycles. The molecule has 5 aliphatic rings. The first-order valence-electron chi connectivity index (χ1n) is 11.8. The van der Waals surface area contributed by atoms with E-state index in [9.17, 15) is 19.8 Å². The van der Waals surface area contributed by atoms with Crippen molar-refractivity contribution in [2.75, 3.05) is 13.1 Å². The molecule has 4 N–H and O–H groups in total. The van der Waals surface area contributed by atoms with Crippen LogP contribution in [0.5, 0.6) is 11.5 Å². The zero-order valence-electron chi connectivity index (χ0n) is 17.9. The Morgan fingerprint density at radius 2 is 2.09 bits per heavy atom. The lowest BCUT2D eigenvalue weighted by Gasteiger charge is -2.62. The maximum Gasteiger partial charge on any atom is 0.276 e. The van der Waals surface area contributed by atoms with Gasteiger partial charge >= 0.3 is 0 Å². The number of aliphatic hydroxyl groups is 1. The molecule has 0 amide bonds. The van der Waals surface area contributed by atoms with Crippen molar-refractivity contribution in [2.24, 2.45) is 5.92 Å². The molecule has 9 heteroatoms. The second-order valence-electron chi connectivity index (χ2n) is 10.6. The van der Waals surface area contributed by atoms with Crippen LogP contribution in [0.15, 0.2) is 27.8 Å². The Hall–Kier alpha value is -3.04. The number of nitrogens with zero attached hydrogens (tertiary/aromatic N) is 2. The second-order valence-corrected chi connectivity index (χ2v) is 10.6. The Kier molecular flexibility index (Phi) is 3.08. The highest BCUT2D eigenvalue weighted by Gasteiger charge is 2.73. The summed E-state index contributed by atoms with van der Waals surface area (Å²) in [6.45, 7) is 1.80. The van der Waals surface area contributed by atoms with E-state index in [1.807, 2.05) is 6.07 Å². The minimum atomic E-state index is -1.22. The fourth-order valence-corrected chi connectivity index (χ4v) is 7.44. The molecule has 2 aromatic heterocycles. The van der Waals surface area contributed by atoms with Gasteiger partial charge in [-0.3, -0.25) is 19.6 Å². The Morgan fingerprint density at radius 1 is 1.24 bits per heavy atom. The Morgan fingerprint density at radius 3 is 2.91 bits per heavy atom. The van der Waals surface area contributed by atoms with Gasteiger partial charge in [-0.15, -0.1) is 0 Å². The van der Waals surface area contributed by atoms with Crippen LogP contribution in [-0.2, 0) is 18.3 Å². The number of aromatic nitrogens is 3. The molecule has 4 heterocycles. The van der Waals surface area contributed by atoms with Gasteiger partial charge in [-0.1, -0.05) is 6.07 Å². The first kappa shape index (κ1) is 18.4. The summed E-state index contributed by atoms with van der Waals surface area (Å²) in [6, 6.07) is 4.84. The quantitative estimate of drug-likeness (QED) is 0.458. The number of H-pyrrole nitrogens is 2. The molecule has 0 radical (unpaired) electrons. The summed E-state index contributed by atoms with van der Waals surface area (Å²) in [5.41, 5.74) is 0.708. The predicted molar refractivity (Wildman–Crippen MR) is 117 cm³/mol. The van der Waals surface area contributed by atoms with Gasteiger partial charge in [-0.25, -0.2) is 4.52 Å². The number of hydrogen-bond donors (Lipinski definition) is 4. The fourth-order valence-electron chi connectivity index (χ4n) is 7.44. The van der Waals surface area contributed by atoms with E-state index >= 15 is 0 Å². The first-order chi connectivity index (χ1) is 15.9. The van der Waals surface area contributed by atoms with E-state index in [-0.39, 0.29) is 29.3 Å². The summed E-state index contributed by atoms with van der Waals surface area (Å²) >= 11 is 0. The molecule has 1 saturated heterocycles. The highest BCUT2D eigenvalue weighted by atomic mass is 16.5. The number of nitrogens with one attached hydrogen (secondary N) is 2. The number of benzene rings is 1. The van der Waals surface area contributed by atoms with Gasteiger partial charge in [0.25, 0.3) is 11.1 Å². The van der Waals surface area contributed by atoms with Crippen LogP contribution in [0.25, 0.3) is 5.65 Å². The molecule has 4 atom stereocenters. The number of likely N-dealkylation sites (tertiary alicyclic amines) is 1. The SMILES string of the molecule is O=c1cc2[nH]c3c(c(=O)n2[nH]1)C[C@@]1(O)[C@@H]2Cc4ccc(O)c5c4[C@@]1(CCN2CC1CC1)[C@H]3O5. The number of aromatic hydroxyl groups is 1. The minimum absolute atomic E-state index is 0.0570. The van der Waals surface area contributed by atoms with Crippen LogP contribution in [0.4, 0.5) is 0 Å². The molecule has 1 aromatic carbocycles. The number of aromatic amines is 2. The lowest BCUT2D eigenvalue weighted by Crippen LogP contribution is -2.75. The number of rotatable bonds is 2. The summed E-state index contributed by atoms with van der Waals surface area (Å²) < 4.78 is 7.66. The van der Waals surface area contributed by atoms with Crippen molar-refractivity contribution in [1.82, 2.24) is 19.5 Å². The first-order valence-corrected chi connectivity index (χ1v) is 11.8. The monoisotopic (exact) mass is 448 g/mol. The normalized spacial score (nSPS) is 33.6. The van der Waals surface area contributed by atoms with Gasteiger partial charge in [0, 0.05) is 36.2 Å². The van der Waals surface area contributed by atoms with Gasteiger partial charge in [0.1, 0.15) is 5.65 Å². The van der Waals surface area contributed by atoms with Crippen LogP contribution in [0.3, 0.4) is 0 Å². The van der Waals surface area contributed by atoms with Gasteiger partial charge in [-0.2, -0.15) is 0 Å². The molecular weight excluding hydrogens is 424 g/mol. The van der Waals surface area contributed by atoms with Gasteiger partial charge in [0.2, 0.25) is 0 Å². The number of phenols is 1. The van der Waals surface area contributed by atoms with Crippen LogP contribution in [0, 0.1) is 5.92 Å². The van der Waals surface area contributed by atoms with Crippen molar-refractivity contribution in [2.45, 2.75) is 55.3 Å². The highest BCUT2D eigenvalue weighted by Crippen LogP contribution is 2.68. The van der Waals surface area contributed by atoms with E-state index in [4.69, 9.17) is 4.74 Å². The summed E-state index contributed by atoms with van der Waals surface area (Å²) in [4.78, 5) is 31.1. The summed E-state index contributed by atoms with van der Waals surface area (Å²) in [5, 5.41) is 25.9. The molecule has 2 aliphatic heterocycles. The van der Waals surface area contributed by atoms with E-state index in [2.05, 4.69) is 15.0 Å². The molecule has 2 bridgehead atoms. The average Bonchev–Trinajstić information content (AvgIpc) is 3.40. The standard InChI is InChI=1S/C24H24N4O5/c29-14-4-3-12-7-15-24(32)9-13-19(25-16-8-17(30)26-28(16)22(13)31)21-23(24,18(12)20(14)33-21)5-6-27(15)10-11-1-2-11/h3-4,8,11,15,21,25,29,32H,1-2,5-7,9-10H2,(H,26,30)/t15-,21-,23-,24+/m0/s1. The van der Waals surface area contributed by atoms with Crippen molar-refractivity contribution in [3.8, 4) is 11.5 Å². The predicted octanol–water partition coefficient (Wildman–Crippen LogP) is 0.721. The van der Waals surface area contributed by atoms with Crippen molar-refractivity contribution in [3.63, 3.8) is 0 Å². The molecule has 0 unspecified atom stereocenters. The number of hydrogen-bond acceptors (Lipinski definition) is 6. The molecule has 9 nitrogen and oxygen atoms in total. The molecule has 8 rings (SSSR count). The van der Waals surface area contributed by atoms with Gasteiger partial charge in [0.15, 0.2) is 17.6 Å². The number of ether oxygens (including phenoxy) is 1. The summed E-state index contributed by atoms with van der Waals surface area (Å²) in [5.74, 6) is 1.16. The Bertz CT molecular complexity index is 1500. The maximum absolute atomic E-state index is 13.5. The van der Waals surface area contributed by atoms with Crippen molar-refractivity contribution >= 4 is 5.65 Å². The largest absolute Gasteiger partial charge is 0.504 e. The van der Waals surface area contributed by atoms with Crippen LogP contribution >= 0.6 is 0 Å². The van der Waals surface area contributed by atoms with Crippen molar-refractivity contribution in [3.05, 3.63) is 61.3 Å². The smallest absolute Gasteiger partial charge is 0.276 e. The van der Waals surface area contributed by atoms with E-state index < -0.39 is 17.1 Å². The Labute approximate surface area is 187 Å². The average molecular weight is 448 g/mol. The third-order valence-corrected chi connectivity index (χ3v) is 9.00. The number of phenolic OH excluding ortho intramolecular Hbond substituents is 1. The molecular formula is C24H24N4O5. The lowest BCUT2D eigenvalue weighted by molar-refractivity contribution is -0.173. The van der Waals surface area contributed by atoms with Gasteiger partial charge < -0.3 is 19.9 Å². The van der Waals surface area contributed by atoms with E-state index in [0.717, 1.165) is 24.2 Å². The Balaban J connectivity index is 1.44. The lowest BCUT2D eigenvalue weighted by atomic mass is 9.49. The van der Waals surface area contributed by atoms with Crippen molar-refractivity contribution in [1.29, 1.82) is 0 Å². The third-order valence-electron chi connectivity index (χ3n) is 9.00. The topological polar surface area (TPSA) is 123 Å². The van der Waals surface area contributed by atoms with Crippen molar-refractivity contribution < 1.29 is 14.9 Å². The highest BCUT2D eigenvalue weighted by molar-refractivity contribution is 5.64. The molecule has 2 fully saturated rings. The molecule has 3 aromatic rings. The molecule has 33 heavy (non-hydrogen) atoms. The fraction of sp³-hybridized carbons (Fsp3) is 0.500. The zero-order valence-corrected chi connectivity index (χ0v) is 17.9. The van der Waals surface area contributed by atoms with Crippen LogP contribution < -0.4 is 15.9 Å². The van der Waals surface area contributed by atoms with Gasteiger partial charge in [0.05, 0.1) is 16.7 Å². The third kappa shape index (κ3) is 1.99. The molecule has 3 aliphatic carbocycles. The van der Waals surface area contributed by atoms with Crippen LogP contribution in [-0.4, -0.2) is 54.4 Å².